The molecule has 0 N–H and O–H groups in total. The average Bonchev–Trinajstić information content (AvgIpc) is 2.27. The zero-order valence-electron chi connectivity index (χ0n) is 10.1. The Labute approximate surface area is 107 Å². The van der Waals surface area contributed by atoms with Crippen LogP contribution in [0.15, 0.2) is 0 Å². The fourth-order valence-electron chi connectivity index (χ4n) is 2.53. The van der Waals surface area contributed by atoms with Crippen molar-refractivity contribution in [3.05, 3.63) is 0 Å². The third-order valence-electron chi connectivity index (χ3n) is 3.48. The summed E-state index contributed by atoms with van der Waals surface area (Å²) in [5, 5.41) is 1.18. The molecule has 0 aromatic heterocycles. The third-order valence-corrected chi connectivity index (χ3v) is 5.26. The van der Waals surface area contributed by atoms with Gasteiger partial charge < -0.3 is 4.90 Å². The molecule has 0 unspecified atom stereocenters. The fraction of sp³-hybridized carbons (Fsp3) is 1.00. The molecule has 1 rings (SSSR count). The van der Waals surface area contributed by atoms with Crippen LogP contribution in [0.1, 0.15) is 32.1 Å². The van der Waals surface area contributed by atoms with Crippen LogP contribution in [0, 0.1) is 5.41 Å². The van der Waals surface area contributed by atoms with Crippen LogP contribution in [0.4, 0.5) is 0 Å². The van der Waals surface area contributed by atoms with E-state index in [1.807, 2.05) is 11.8 Å². The Morgan fingerprint density at radius 1 is 1.27 bits per heavy atom. The van der Waals surface area contributed by atoms with Gasteiger partial charge in [0.05, 0.1) is 0 Å². The molecule has 0 amide bonds. The van der Waals surface area contributed by atoms with Gasteiger partial charge in [0.25, 0.3) is 0 Å². The molecule has 0 bridgehead atoms. The topological polar surface area (TPSA) is 3.24 Å². The van der Waals surface area contributed by atoms with Gasteiger partial charge >= 0.3 is 0 Å². The van der Waals surface area contributed by atoms with E-state index in [4.69, 9.17) is 0 Å². The molecule has 1 nitrogen and oxygen atoms in total. The molecule has 0 aliphatic heterocycles. The van der Waals surface area contributed by atoms with Gasteiger partial charge in [-0.3, -0.25) is 0 Å². The summed E-state index contributed by atoms with van der Waals surface area (Å²) in [7, 11) is 2.27. The van der Waals surface area contributed by atoms with E-state index in [0.29, 0.717) is 5.41 Å². The average molecular weight is 294 g/mol. The summed E-state index contributed by atoms with van der Waals surface area (Å²) in [5.41, 5.74) is 0.575. The van der Waals surface area contributed by atoms with Gasteiger partial charge in [0, 0.05) is 24.2 Å². The maximum Gasteiger partial charge on any atom is 0.0100 e. The first kappa shape index (κ1) is 13.9. The molecule has 3 heteroatoms. The quantitative estimate of drug-likeness (QED) is 0.688. The van der Waals surface area contributed by atoms with Crippen LogP contribution >= 0.6 is 27.7 Å². The fourth-order valence-corrected chi connectivity index (χ4v) is 3.77. The van der Waals surface area contributed by atoms with Crippen molar-refractivity contribution in [1.82, 2.24) is 4.90 Å². The highest BCUT2D eigenvalue weighted by molar-refractivity contribution is 9.09. The van der Waals surface area contributed by atoms with Crippen LogP contribution in [0.5, 0.6) is 0 Å². The van der Waals surface area contributed by atoms with Crippen LogP contribution in [0.25, 0.3) is 0 Å². The van der Waals surface area contributed by atoms with Crippen molar-refractivity contribution in [1.29, 1.82) is 0 Å². The molecule has 15 heavy (non-hydrogen) atoms. The molecule has 0 radical (unpaired) electrons. The molecular weight excluding hydrogens is 270 g/mol. The van der Waals surface area contributed by atoms with Crippen LogP contribution in [-0.4, -0.2) is 42.4 Å². The Balaban J connectivity index is 2.37. The van der Waals surface area contributed by atoms with E-state index in [1.165, 1.54) is 56.3 Å². The number of thioether (sulfide) groups is 1. The Kier molecular flexibility index (Phi) is 6.63. The zero-order chi connectivity index (χ0) is 11.1. The molecule has 0 spiro atoms. The van der Waals surface area contributed by atoms with E-state index < -0.39 is 0 Å². The first-order valence-corrected chi connectivity index (χ1v) is 8.47. The molecule has 1 fully saturated rings. The van der Waals surface area contributed by atoms with Gasteiger partial charge in [-0.1, -0.05) is 35.2 Å². The SMILES string of the molecule is CSCCN(C)CC1(CBr)CCCCC1. The van der Waals surface area contributed by atoms with Crippen LogP contribution in [0.2, 0.25) is 0 Å². The van der Waals surface area contributed by atoms with Crippen LogP contribution < -0.4 is 0 Å². The lowest BCUT2D eigenvalue weighted by molar-refractivity contribution is 0.150. The van der Waals surface area contributed by atoms with E-state index in [1.54, 1.807) is 0 Å². The third kappa shape index (κ3) is 4.66. The van der Waals surface area contributed by atoms with E-state index >= 15 is 0 Å². The number of rotatable bonds is 6. The van der Waals surface area contributed by atoms with Crippen molar-refractivity contribution in [3.63, 3.8) is 0 Å². The summed E-state index contributed by atoms with van der Waals surface area (Å²) in [4.78, 5) is 2.52. The predicted molar refractivity (Wildman–Crippen MR) is 75.2 cm³/mol. The second kappa shape index (κ2) is 7.18. The maximum atomic E-state index is 3.73. The Morgan fingerprint density at radius 2 is 1.93 bits per heavy atom. The molecule has 90 valence electrons. The van der Waals surface area contributed by atoms with Crippen molar-refractivity contribution in [2.24, 2.45) is 5.41 Å². The van der Waals surface area contributed by atoms with Crippen molar-refractivity contribution in [2.75, 3.05) is 37.5 Å². The molecular formula is C12H24BrNS. The number of hydrogen-bond donors (Lipinski definition) is 0. The second-order valence-corrected chi connectivity index (χ2v) is 6.47. The first-order valence-electron chi connectivity index (χ1n) is 5.96. The molecule has 1 aliphatic carbocycles. The van der Waals surface area contributed by atoms with Gasteiger partial charge in [-0.05, 0) is 31.6 Å². The largest absolute Gasteiger partial charge is 0.305 e. The van der Waals surface area contributed by atoms with Crippen LogP contribution in [-0.2, 0) is 0 Å². The minimum absolute atomic E-state index is 0.575. The highest BCUT2D eigenvalue weighted by Gasteiger charge is 2.31. The van der Waals surface area contributed by atoms with Gasteiger partial charge in [0.2, 0.25) is 0 Å². The number of nitrogens with zero attached hydrogens (tertiary/aromatic N) is 1. The van der Waals surface area contributed by atoms with E-state index in [0.717, 1.165) is 0 Å². The van der Waals surface area contributed by atoms with Gasteiger partial charge in [0.1, 0.15) is 0 Å². The highest BCUT2D eigenvalue weighted by atomic mass is 79.9. The van der Waals surface area contributed by atoms with Gasteiger partial charge in [-0.15, -0.1) is 0 Å². The molecule has 1 saturated carbocycles. The second-order valence-electron chi connectivity index (χ2n) is 4.92. The normalized spacial score (nSPS) is 20.8. The Bertz CT molecular complexity index is 169. The van der Waals surface area contributed by atoms with E-state index in [9.17, 15) is 0 Å². The maximum absolute atomic E-state index is 3.73. The molecule has 0 aromatic rings. The molecule has 1 aliphatic rings. The van der Waals surface area contributed by atoms with Crippen molar-refractivity contribution < 1.29 is 0 Å². The van der Waals surface area contributed by atoms with Crippen molar-refractivity contribution in [3.8, 4) is 0 Å². The summed E-state index contributed by atoms with van der Waals surface area (Å²) in [6, 6.07) is 0. The van der Waals surface area contributed by atoms with Gasteiger partial charge in [0.15, 0.2) is 0 Å². The summed E-state index contributed by atoms with van der Waals surface area (Å²) in [5.74, 6) is 1.26. The molecule has 0 heterocycles. The summed E-state index contributed by atoms with van der Waals surface area (Å²) < 4.78 is 0. The molecule has 0 aromatic carbocycles. The van der Waals surface area contributed by atoms with Gasteiger partial charge in [-0.25, -0.2) is 0 Å². The van der Waals surface area contributed by atoms with E-state index in [2.05, 4.69) is 34.1 Å². The summed E-state index contributed by atoms with van der Waals surface area (Å²) in [6.07, 6.45) is 9.34. The van der Waals surface area contributed by atoms with Crippen molar-refractivity contribution in [2.45, 2.75) is 32.1 Å². The highest BCUT2D eigenvalue weighted by Crippen LogP contribution is 2.38. The predicted octanol–water partition coefficient (Wildman–Crippen LogP) is 3.63. The lowest BCUT2D eigenvalue weighted by Gasteiger charge is -2.39. The van der Waals surface area contributed by atoms with Crippen molar-refractivity contribution >= 4 is 27.7 Å². The lowest BCUT2D eigenvalue weighted by atomic mass is 9.75. The number of hydrogen-bond acceptors (Lipinski definition) is 2. The summed E-state index contributed by atoms with van der Waals surface area (Å²) in [6.45, 7) is 2.51. The molecule has 0 atom stereocenters. The van der Waals surface area contributed by atoms with Gasteiger partial charge in [-0.2, -0.15) is 11.8 Å². The van der Waals surface area contributed by atoms with E-state index in [-0.39, 0.29) is 0 Å². The first-order chi connectivity index (χ1) is 7.22. The number of halogens is 1. The monoisotopic (exact) mass is 293 g/mol. The Hall–Kier alpha value is 0.790. The standard InChI is InChI=1S/C12H24BrNS/c1-14(8-9-15-2)11-12(10-13)6-4-3-5-7-12/h3-11H2,1-2H3. The molecule has 0 saturated heterocycles. The number of alkyl halides is 1. The minimum atomic E-state index is 0.575. The summed E-state index contributed by atoms with van der Waals surface area (Å²) >= 11 is 5.68. The Morgan fingerprint density at radius 3 is 2.47 bits per heavy atom. The minimum Gasteiger partial charge on any atom is -0.305 e. The smallest absolute Gasteiger partial charge is 0.0100 e. The lowest BCUT2D eigenvalue weighted by Crippen LogP contribution is -2.39. The van der Waals surface area contributed by atoms with Crippen LogP contribution in [0.3, 0.4) is 0 Å². The zero-order valence-corrected chi connectivity index (χ0v) is 12.5.